The van der Waals surface area contributed by atoms with Crippen LogP contribution in [0.3, 0.4) is 0 Å². The summed E-state index contributed by atoms with van der Waals surface area (Å²) < 4.78 is 6.61. The lowest BCUT2D eigenvalue weighted by molar-refractivity contribution is -0.141. The van der Waals surface area contributed by atoms with E-state index in [4.69, 9.17) is 16.3 Å². The summed E-state index contributed by atoms with van der Waals surface area (Å²) in [6.07, 6.45) is 6.63. The third-order valence-corrected chi connectivity index (χ3v) is 8.33. The summed E-state index contributed by atoms with van der Waals surface area (Å²) in [5, 5.41) is 10.3. The molecule has 2 aromatic rings. The molecule has 9 heteroatoms. The number of halogens is 1. The van der Waals surface area contributed by atoms with E-state index in [-0.39, 0.29) is 37.4 Å². The lowest BCUT2D eigenvalue weighted by Crippen LogP contribution is -2.56. The second kappa shape index (κ2) is 9.38. The summed E-state index contributed by atoms with van der Waals surface area (Å²) in [7, 11) is 0. The van der Waals surface area contributed by atoms with Crippen LogP contribution in [0.4, 0.5) is 11.4 Å². The van der Waals surface area contributed by atoms with Crippen molar-refractivity contribution in [2.24, 2.45) is 11.8 Å². The number of hydrogen-bond acceptors (Lipinski definition) is 5. The minimum Gasteiger partial charge on any atom is -0.395 e. The molecule has 0 radical (unpaired) electrons. The molecule has 5 atom stereocenters. The smallest absolute Gasteiger partial charge is 0.253 e. The zero-order valence-electron chi connectivity index (χ0n) is 20.9. The molecule has 4 aliphatic heterocycles. The number of carbonyl (C=O) groups is 3. The molecule has 4 aliphatic rings. The van der Waals surface area contributed by atoms with Gasteiger partial charge in [-0.1, -0.05) is 66.2 Å². The Morgan fingerprint density at radius 1 is 0.974 bits per heavy atom. The molecule has 6 rings (SSSR count). The normalized spacial score (nSPS) is 30.3. The molecule has 38 heavy (non-hydrogen) atoms. The van der Waals surface area contributed by atoms with E-state index in [1.165, 1.54) is 4.90 Å². The van der Waals surface area contributed by atoms with Crippen molar-refractivity contribution in [1.29, 1.82) is 0 Å². The number of anilines is 2. The lowest BCUT2D eigenvalue weighted by atomic mass is 9.77. The largest absolute Gasteiger partial charge is 0.395 e. The Kier molecular flexibility index (Phi) is 6.13. The number of para-hydroxylation sites is 2. The van der Waals surface area contributed by atoms with Crippen LogP contribution in [-0.4, -0.2) is 71.7 Å². The summed E-state index contributed by atoms with van der Waals surface area (Å²) in [5.41, 5.74) is 0.756. The van der Waals surface area contributed by atoms with Gasteiger partial charge in [-0.15, -0.1) is 0 Å². The number of aliphatic hydroxyl groups is 1. The van der Waals surface area contributed by atoms with Gasteiger partial charge >= 0.3 is 0 Å². The molecule has 0 aromatic heterocycles. The first-order chi connectivity index (χ1) is 18.4. The van der Waals surface area contributed by atoms with Crippen molar-refractivity contribution in [1.82, 2.24) is 4.90 Å². The molecule has 1 N–H and O–H groups in total. The quantitative estimate of drug-likeness (QED) is 0.610. The van der Waals surface area contributed by atoms with Gasteiger partial charge in [0.2, 0.25) is 11.8 Å². The predicted octanol–water partition coefficient (Wildman–Crippen LogP) is 2.73. The van der Waals surface area contributed by atoms with E-state index in [9.17, 15) is 19.5 Å². The zero-order chi connectivity index (χ0) is 26.6. The minimum absolute atomic E-state index is 0.0517. The van der Waals surface area contributed by atoms with Crippen LogP contribution < -0.4 is 9.80 Å². The maximum Gasteiger partial charge on any atom is 0.253 e. The summed E-state index contributed by atoms with van der Waals surface area (Å²) in [4.78, 5) is 47.0. The van der Waals surface area contributed by atoms with Crippen molar-refractivity contribution in [3.63, 3.8) is 0 Å². The molecule has 2 fully saturated rings. The maximum absolute atomic E-state index is 14.3. The first-order valence-electron chi connectivity index (χ1n) is 12.8. The summed E-state index contributed by atoms with van der Waals surface area (Å²) in [6.45, 7) is 2.08. The highest BCUT2D eigenvalue weighted by atomic mass is 35.5. The molecular formula is C29H28ClN3O5. The topological polar surface area (TPSA) is 90.4 Å². The average Bonchev–Trinajstić information content (AvgIpc) is 3.21. The van der Waals surface area contributed by atoms with Crippen molar-refractivity contribution < 1.29 is 24.2 Å². The van der Waals surface area contributed by atoms with Gasteiger partial charge < -0.3 is 24.5 Å². The number of amides is 3. The molecule has 8 nitrogen and oxygen atoms in total. The highest BCUT2D eigenvalue weighted by molar-refractivity contribution is 6.34. The third kappa shape index (κ3) is 3.55. The molecule has 0 bridgehead atoms. The Balaban J connectivity index is 1.45. The number of nitrogens with zero attached hydrogens (tertiary/aromatic N) is 3. The fraction of sp³-hybridized carbons (Fsp3) is 0.345. The van der Waals surface area contributed by atoms with Crippen LogP contribution in [0, 0.1) is 18.8 Å². The summed E-state index contributed by atoms with van der Waals surface area (Å²) in [5.74, 6) is -2.70. The Hall–Kier alpha value is -3.46. The van der Waals surface area contributed by atoms with Gasteiger partial charge in [0.05, 0.1) is 35.3 Å². The van der Waals surface area contributed by atoms with Crippen LogP contribution in [-0.2, 0) is 19.1 Å². The van der Waals surface area contributed by atoms with E-state index < -0.39 is 29.6 Å². The Bertz CT molecular complexity index is 1340. The van der Waals surface area contributed by atoms with Crippen LogP contribution in [0.5, 0.6) is 0 Å². The van der Waals surface area contributed by atoms with Gasteiger partial charge in [0, 0.05) is 25.3 Å². The van der Waals surface area contributed by atoms with Gasteiger partial charge in [-0.25, -0.2) is 0 Å². The molecule has 1 unspecified atom stereocenters. The predicted molar refractivity (Wildman–Crippen MR) is 143 cm³/mol. The van der Waals surface area contributed by atoms with E-state index in [0.29, 0.717) is 17.3 Å². The van der Waals surface area contributed by atoms with Crippen molar-refractivity contribution in [3.8, 4) is 0 Å². The first-order valence-corrected chi connectivity index (χ1v) is 13.1. The number of β-amino-alcohol motifs (C(OH)–C–C–N with tert-alkyl or cyclic N) is 1. The van der Waals surface area contributed by atoms with E-state index in [0.717, 1.165) is 11.3 Å². The fourth-order valence-corrected chi connectivity index (χ4v) is 6.81. The van der Waals surface area contributed by atoms with Gasteiger partial charge in [-0.2, -0.15) is 0 Å². The van der Waals surface area contributed by atoms with E-state index in [1.54, 1.807) is 21.9 Å². The number of rotatable bonds is 4. The minimum atomic E-state index is -1.36. The number of carbonyl (C=O) groups excluding carboxylic acids is 3. The monoisotopic (exact) mass is 533 g/mol. The molecule has 2 saturated heterocycles. The Morgan fingerprint density at radius 2 is 1.74 bits per heavy atom. The number of benzene rings is 2. The number of likely N-dealkylation sites (tertiary alicyclic amines) is 1. The maximum atomic E-state index is 14.3. The SMILES string of the molecule is Cc1cccc(Cl)c1N1CC=C[C@]23O[C@H]4C=CCN(c5ccccc5)C(=O)[C@H]4[C@H]2C(=O)N(CCO)C3C1=O. The Morgan fingerprint density at radius 3 is 2.47 bits per heavy atom. The van der Waals surface area contributed by atoms with Gasteiger partial charge in [0.25, 0.3) is 5.91 Å². The van der Waals surface area contributed by atoms with Crippen LogP contribution in [0.15, 0.2) is 72.8 Å². The molecule has 1 spiro atoms. The van der Waals surface area contributed by atoms with Crippen molar-refractivity contribution in [2.75, 3.05) is 36.0 Å². The molecule has 0 saturated carbocycles. The van der Waals surface area contributed by atoms with Crippen molar-refractivity contribution in [2.45, 2.75) is 24.7 Å². The molecule has 3 amide bonds. The van der Waals surface area contributed by atoms with Crippen LogP contribution in [0.25, 0.3) is 0 Å². The molecule has 2 aromatic carbocycles. The molecule has 0 aliphatic carbocycles. The average molecular weight is 534 g/mol. The van der Waals surface area contributed by atoms with Gasteiger partial charge in [0.15, 0.2) is 0 Å². The molecular weight excluding hydrogens is 506 g/mol. The standard InChI is InChI=1S/C29H28ClN3O5/c1-18-8-5-11-20(30)24(18)32-15-7-13-29-23(27(36)33(16-17-34)25(29)28(32)37)22-21(38-29)12-6-14-31(26(22)35)19-9-3-2-4-10-19/h2-13,21-23,25,34H,14-17H2,1H3/t21-,22+,23-,25?,29-/m0/s1. The van der Waals surface area contributed by atoms with Gasteiger partial charge in [-0.05, 0) is 30.7 Å². The van der Waals surface area contributed by atoms with Crippen molar-refractivity contribution >= 4 is 40.7 Å². The van der Waals surface area contributed by atoms with Gasteiger partial charge in [0.1, 0.15) is 11.6 Å². The summed E-state index contributed by atoms with van der Waals surface area (Å²) in [6, 6.07) is 13.7. The summed E-state index contributed by atoms with van der Waals surface area (Å²) >= 11 is 6.54. The second-order valence-electron chi connectivity index (χ2n) is 10.1. The third-order valence-electron chi connectivity index (χ3n) is 8.03. The molecule has 196 valence electrons. The highest BCUT2D eigenvalue weighted by Gasteiger charge is 2.71. The van der Waals surface area contributed by atoms with E-state index in [1.807, 2.05) is 67.6 Å². The fourth-order valence-electron chi connectivity index (χ4n) is 6.49. The first kappa shape index (κ1) is 24.9. The van der Waals surface area contributed by atoms with E-state index in [2.05, 4.69) is 0 Å². The van der Waals surface area contributed by atoms with Gasteiger partial charge in [-0.3, -0.25) is 14.4 Å². The second-order valence-corrected chi connectivity index (χ2v) is 10.5. The van der Waals surface area contributed by atoms with Crippen molar-refractivity contribution in [3.05, 3.63) is 83.4 Å². The highest BCUT2D eigenvalue weighted by Crippen LogP contribution is 2.54. The van der Waals surface area contributed by atoms with Crippen LogP contribution >= 0.6 is 11.6 Å². The number of hydrogen-bond donors (Lipinski definition) is 1. The molecule has 4 heterocycles. The number of aryl methyl sites for hydroxylation is 1. The lowest BCUT2D eigenvalue weighted by Gasteiger charge is -2.35. The number of fused-ring (bicyclic) bond motifs is 2. The number of ether oxygens (including phenoxy) is 1. The Labute approximate surface area is 225 Å². The van der Waals surface area contributed by atoms with Crippen LogP contribution in [0.2, 0.25) is 5.02 Å². The van der Waals surface area contributed by atoms with E-state index >= 15 is 0 Å². The van der Waals surface area contributed by atoms with Crippen LogP contribution in [0.1, 0.15) is 5.56 Å². The zero-order valence-corrected chi connectivity index (χ0v) is 21.6. The number of aliphatic hydroxyl groups excluding tert-OH is 1.